The third kappa shape index (κ3) is 4.95. The average molecular weight is 254 g/mol. The predicted octanol–water partition coefficient (Wildman–Crippen LogP) is 4.71. The van der Waals surface area contributed by atoms with E-state index >= 15 is 0 Å². The second-order valence-electron chi connectivity index (χ2n) is 6.61. The highest BCUT2D eigenvalue weighted by molar-refractivity contribution is 6.35. The first-order valence-corrected chi connectivity index (χ1v) is 8.00. The summed E-state index contributed by atoms with van der Waals surface area (Å²) < 4.78 is 6.62. The standard InChI is InChI=1S/C16H35BO/c1-9-15(17-8)18-16(10-2,11-12(3)4)14(7)13(5)6/h12-15,17H,9-11H2,1-8H3. The summed E-state index contributed by atoms with van der Waals surface area (Å²) in [5.74, 6) is 1.99. The molecule has 0 heterocycles. The maximum absolute atomic E-state index is 6.62. The van der Waals surface area contributed by atoms with Gasteiger partial charge in [0.1, 0.15) is 0 Å². The summed E-state index contributed by atoms with van der Waals surface area (Å²) in [7, 11) is 1.13. The van der Waals surface area contributed by atoms with Crippen LogP contribution in [0.25, 0.3) is 0 Å². The summed E-state index contributed by atoms with van der Waals surface area (Å²) in [5, 5.41) is 0. The van der Waals surface area contributed by atoms with E-state index in [-0.39, 0.29) is 5.60 Å². The molecule has 108 valence electrons. The Morgan fingerprint density at radius 3 is 1.89 bits per heavy atom. The topological polar surface area (TPSA) is 9.23 Å². The molecule has 0 fully saturated rings. The molecule has 0 aromatic heterocycles. The Kier molecular flexibility index (Phi) is 8.26. The highest BCUT2D eigenvalue weighted by Gasteiger charge is 2.39. The van der Waals surface area contributed by atoms with E-state index < -0.39 is 0 Å². The molecule has 0 N–H and O–H groups in total. The van der Waals surface area contributed by atoms with Gasteiger partial charge in [-0.25, -0.2) is 0 Å². The van der Waals surface area contributed by atoms with Gasteiger partial charge in [-0.1, -0.05) is 55.3 Å². The lowest BCUT2D eigenvalue weighted by molar-refractivity contribution is -0.124. The zero-order chi connectivity index (χ0) is 14.3. The summed E-state index contributed by atoms with van der Waals surface area (Å²) in [6, 6.07) is 0.421. The van der Waals surface area contributed by atoms with E-state index in [1.807, 2.05) is 0 Å². The Morgan fingerprint density at radius 2 is 1.61 bits per heavy atom. The minimum absolute atomic E-state index is 0.0685. The van der Waals surface area contributed by atoms with E-state index in [4.69, 9.17) is 4.74 Å². The lowest BCUT2D eigenvalue weighted by Gasteiger charge is -2.44. The van der Waals surface area contributed by atoms with Gasteiger partial charge in [0.15, 0.2) is 7.28 Å². The molecule has 18 heavy (non-hydrogen) atoms. The van der Waals surface area contributed by atoms with Crippen LogP contribution in [0.3, 0.4) is 0 Å². The third-order valence-corrected chi connectivity index (χ3v) is 4.49. The maximum atomic E-state index is 6.62. The van der Waals surface area contributed by atoms with Gasteiger partial charge in [0.05, 0.1) is 5.60 Å². The van der Waals surface area contributed by atoms with Gasteiger partial charge in [-0.05, 0) is 37.0 Å². The van der Waals surface area contributed by atoms with Crippen molar-refractivity contribution >= 4 is 7.28 Å². The van der Waals surface area contributed by atoms with Crippen molar-refractivity contribution in [1.29, 1.82) is 0 Å². The molecule has 0 aromatic rings. The highest BCUT2D eigenvalue weighted by Crippen LogP contribution is 2.38. The smallest absolute Gasteiger partial charge is 0.154 e. The third-order valence-electron chi connectivity index (χ3n) is 4.49. The van der Waals surface area contributed by atoms with Crippen molar-refractivity contribution in [3.8, 4) is 0 Å². The Bertz CT molecular complexity index is 211. The average Bonchev–Trinajstić information content (AvgIpc) is 2.32. The second kappa shape index (κ2) is 8.25. The Morgan fingerprint density at radius 1 is 1.06 bits per heavy atom. The van der Waals surface area contributed by atoms with E-state index in [1.54, 1.807) is 0 Å². The molecule has 1 nitrogen and oxygen atoms in total. The molecule has 0 aliphatic heterocycles. The number of rotatable bonds is 9. The number of hydrogen-bond donors (Lipinski definition) is 0. The first-order chi connectivity index (χ1) is 8.32. The normalized spacial score (nSPS) is 18.8. The van der Waals surface area contributed by atoms with Gasteiger partial charge in [-0.2, -0.15) is 0 Å². The fraction of sp³-hybridized carbons (Fsp3) is 1.00. The monoisotopic (exact) mass is 254 g/mol. The van der Waals surface area contributed by atoms with Crippen LogP contribution in [-0.4, -0.2) is 18.9 Å². The summed E-state index contributed by atoms with van der Waals surface area (Å²) in [5.41, 5.74) is 0.0685. The van der Waals surface area contributed by atoms with E-state index in [9.17, 15) is 0 Å². The Hall–Kier alpha value is 0.0249. The van der Waals surface area contributed by atoms with Gasteiger partial charge in [0.25, 0.3) is 0 Å². The molecular formula is C16H35BO. The summed E-state index contributed by atoms with van der Waals surface area (Å²) in [6.07, 6.45) is 3.43. The molecule has 0 rings (SSSR count). The molecule has 0 bridgehead atoms. The van der Waals surface area contributed by atoms with Gasteiger partial charge in [-0.3, -0.25) is 0 Å². The minimum atomic E-state index is 0.0685. The van der Waals surface area contributed by atoms with Crippen LogP contribution in [0.15, 0.2) is 0 Å². The SMILES string of the molecule is CBC(CC)OC(CC)(CC(C)C)C(C)C(C)C. The zero-order valence-corrected chi connectivity index (χ0v) is 14.0. The van der Waals surface area contributed by atoms with Crippen LogP contribution in [0.4, 0.5) is 0 Å². The van der Waals surface area contributed by atoms with Crippen LogP contribution >= 0.6 is 0 Å². The molecule has 0 saturated heterocycles. The molecule has 0 spiro atoms. The largest absolute Gasteiger partial charge is 0.380 e. The molecule has 0 aliphatic rings. The van der Waals surface area contributed by atoms with Crippen LogP contribution in [0.2, 0.25) is 6.82 Å². The van der Waals surface area contributed by atoms with Gasteiger partial charge in [0, 0.05) is 6.00 Å². The first-order valence-electron chi connectivity index (χ1n) is 8.00. The predicted molar refractivity (Wildman–Crippen MR) is 84.7 cm³/mol. The van der Waals surface area contributed by atoms with Crippen molar-refractivity contribution in [2.24, 2.45) is 17.8 Å². The van der Waals surface area contributed by atoms with Crippen molar-refractivity contribution < 1.29 is 4.74 Å². The fourth-order valence-corrected chi connectivity index (χ4v) is 2.98. The minimum Gasteiger partial charge on any atom is -0.380 e. The van der Waals surface area contributed by atoms with Crippen LogP contribution < -0.4 is 0 Å². The van der Waals surface area contributed by atoms with E-state index in [0.717, 1.165) is 20.1 Å². The molecule has 0 aliphatic carbocycles. The van der Waals surface area contributed by atoms with E-state index in [2.05, 4.69) is 55.3 Å². The van der Waals surface area contributed by atoms with Gasteiger partial charge >= 0.3 is 0 Å². The van der Waals surface area contributed by atoms with Crippen LogP contribution in [0.5, 0.6) is 0 Å². The molecule has 0 saturated carbocycles. The van der Waals surface area contributed by atoms with Crippen LogP contribution in [0.1, 0.15) is 67.7 Å². The first kappa shape index (κ1) is 18.0. The van der Waals surface area contributed by atoms with E-state index in [0.29, 0.717) is 23.8 Å². The number of hydrogen-bond acceptors (Lipinski definition) is 1. The quantitative estimate of drug-likeness (QED) is 0.541. The Balaban J connectivity index is 5.08. The lowest BCUT2D eigenvalue weighted by Crippen LogP contribution is -2.46. The highest BCUT2D eigenvalue weighted by atomic mass is 16.5. The number of ether oxygens (including phenoxy) is 1. The van der Waals surface area contributed by atoms with Crippen LogP contribution in [0, 0.1) is 17.8 Å². The maximum Gasteiger partial charge on any atom is 0.154 e. The summed E-state index contributed by atoms with van der Waals surface area (Å²) in [6.45, 7) is 18.4. The molecule has 3 unspecified atom stereocenters. The van der Waals surface area contributed by atoms with Crippen molar-refractivity contribution in [1.82, 2.24) is 0 Å². The van der Waals surface area contributed by atoms with Crippen molar-refractivity contribution in [2.45, 2.75) is 86.2 Å². The molecule has 0 radical (unpaired) electrons. The van der Waals surface area contributed by atoms with Crippen molar-refractivity contribution in [3.63, 3.8) is 0 Å². The van der Waals surface area contributed by atoms with Gasteiger partial charge in [-0.15, -0.1) is 0 Å². The second-order valence-corrected chi connectivity index (χ2v) is 6.61. The fourth-order valence-electron chi connectivity index (χ4n) is 2.98. The molecule has 3 atom stereocenters. The zero-order valence-electron chi connectivity index (χ0n) is 14.0. The molecular weight excluding hydrogens is 219 g/mol. The summed E-state index contributed by atoms with van der Waals surface area (Å²) >= 11 is 0. The lowest BCUT2D eigenvalue weighted by atomic mass is 9.70. The molecule has 0 amide bonds. The van der Waals surface area contributed by atoms with Crippen LogP contribution in [-0.2, 0) is 4.74 Å². The molecule has 2 heteroatoms. The summed E-state index contributed by atoms with van der Waals surface area (Å²) in [4.78, 5) is 0. The van der Waals surface area contributed by atoms with E-state index in [1.165, 1.54) is 6.42 Å². The van der Waals surface area contributed by atoms with Gasteiger partial charge in [0.2, 0.25) is 0 Å². The van der Waals surface area contributed by atoms with Crippen molar-refractivity contribution in [2.75, 3.05) is 0 Å². The Labute approximate surface area is 116 Å². The van der Waals surface area contributed by atoms with Gasteiger partial charge < -0.3 is 4.74 Å². The van der Waals surface area contributed by atoms with Crippen molar-refractivity contribution in [3.05, 3.63) is 0 Å². The molecule has 0 aromatic carbocycles.